The first-order valence-electron chi connectivity index (χ1n) is 6.89. The van der Waals surface area contributed by atoms with Gasteiger partial charge in [-0.1, -0.05) is 30.3 Å². The second kappa shape index (κ2) is 5.74. The number of benzene rings is 1. The van der Waals surface area contributed by atoms with E-state index < -0.39 is 5.97 Å². The normalized spacial score (nSPS) is 23.8. The summed E-state index contributed by atoms with van der Waals surface area (Å²) in [5.41, 5.74) is 0.988. The molecule has 0 unspecified atom stereocenters. The van der Waals surface area contributed by atoms with E-state index in [1.807, 2.05) is 30.3 Å². The number of carboxylic acid groups (broad SMARTS) is 1. The van der Waals surface area contributed by atoms with Crippen LogP contribution in [0.5, 0.6) is 0 Å². The summed E-state index contributed by atoms with van der Waals surface area (Å²) in [5.74, 6) is -0.262. The Labute approximate surface area is 114 Å². The van der Waals surface area contributed by atoms with E-state index in [2.05, 4.69) is 13.8 Å². The highest BCUT2D eigenvalue weighted by Gasteiger charge is 2.34. The molecule has 1 fully saturated rings. The van der Waals surface area contributed by atoms with E-state index >= 15 is 0 Å². The molecule has 0 saturated carbocycles. The maximum atomic E-state index is 11.2. The monoisotopic (exact) mass is 262 g/mol. The number of rotatable bonds is 4. The molecule has 1 saturated heterocycles. The molecule has 2 atom stereocenters. The van der Waals surface area contributed by atoms with Crippen LogP contribution in [0.3, 0.4) is 0 Å². The molecule has 104 valence electrons. The van der Waals surface area contributed by atoms with Crippen LogP contribution < -0.4 is 0 Å². The maximum absolute atomic E-state index is 11.2. The molecule has 1 aromatic carbocycles. The predicted octanol–water partition coefficient (Wildman–Crippen LogP) is 3.45. The largest absolute Gasteiger partial charge is 0.481 e. The third kappa shape index (κ3) is 3.80. The Morgan fingerprint density at radius 2 is 2.11 bits per heavy atom. The molecule has 2 rings (SSSR count). The second-order valence-electron chi connectivity index (χ2n) is 5.98. The number of aliphatic carboxylic acids is 1. The molecule has 1 aromatic rings. The van der Waals surface area contributed by atoms with Gasteiger partial charge in [0.05, 0.1) is 12.0 Å². The molecule has 1 aliphatic heterocycles. The van der Waals surface area contributed by atoms with Gasteiger partial charge in [0.15, 0.2) is 0 Å². The van der Waals surface area contributed by atoms with E-state index in [9.17, 15) is 9.90 Å². The average molecular weight is 262 g/mol. The fourth-order valence-electron chi connectivity index (χ4n) is 3.07. The molecule has 1 aliphatic rings. The Kier molecular flexibility index (Phi) is 4.25. The number of hydrogen-bond acceptors (Lipinski definition) is 2. The quantitative estimate of drug-likeness (QED) is 0.904. The number of carboxylic acids is 1. The minimum atomic E-state index is -0.724. The lowest BCUT2D eigenvalue weighted by Crippen LogP contribution is -2.36. The molecule has 3 nitrogen and oxygen atoms in total. The van der Waals surface area contributed by atoms with Crippen molar-refractivity contribution in [3.8, 4) is 0 Å². The highest BCUT2D eigenvalue weighted by Crippen LogP contribution is 2.39. The summed E-state index contributed by atoms with van der Waals surface area (Å²) < 4.78 is 5.74. The third-order valence-corrected chi connectivity index (χ3v) is 3.93. The lowest BCUT2D eigenvalue weighted by Gasteiger charge is -2.39. The Bertz CT molecular complexity index is 425. The zero-order valence-corrected chi connectivity index (χ0v) is 11.6. The number of hydrogen-bond donors (Lipinski definition) is 1. The first-order chi connectivity index (χ1) is 8.98. The molecule has 0 bridgehead atoms. The molecule has 19 heavy (non-hydrogen) atoms. The van der Waals surface area contributed by atoms with Crippen LogP contribution in [0.2, 0.25) is 0 Å². The van der Waals surface area contributed by atoms with Gasteiger partial charge in [-0.3, -0.25) is 4.79 Å². The molecule has 0 aliphatic carbocycles. The Hall–Kier alpha value is -1.35. The Morgan fingerprint density at radius 3 is 2.68 bits per heavy atom. The van der Waals surface area contributed by atoms with Crippen LogP contribution in [0.1, 0.15) is 44.6 Å². The summed E-state index contributed by atoms with van der Waals surface area (Å²) in [6.07, 6.45) is 2.06. The van der Waals surface area contributed by atoms with Crippen LogP contribution in [0.4, 0.5) is 0 Å². The van der Waals surface area contributed by atoms with Crippen LogP contribution in [0.25, 0.3) is 0 Å². The lowest BCUT2D eigenvalue weighted by molar-refractivity contribution is -0.138. The van der Waals surface area contributed by atoms with Gasteiger partial charge in [-0.2, -0.15) is 0 Å². The maximum Gasteiger partial charge on any atom is 0.303 e. The summed E-state index contributed by atoms with van der Waals surface area (Å²) in [5, 5.41) is 9.17. The van der Waals surface area contributed by atoms with Crippen molar-refractivity contribution >= 4 is 5.97 Å². The minimum absolute atomic E-state index is 0.0851. The van der Waals surface area contributed by atoms with Gasteiger partial charge in [0.2, 0.25) is 0 Å². The van der Waals surface area contributed by atoms with Gasteiger partial charge in [0, 0.05) is 6.61 Å². The summed E-state index contributed by atoms with van der Waals surface area (Å²) in [7, 11) is 0. The second-order valence-corrected chi connectivity index (χ2v) is 5.98. The molecule has 1 N–H and O–H groups in total. The summed E-state index contributed by atoms with van der Waals surface area (Å²) in [6.45, 7) is 4.89. The van der Waals surface area contributed by atoms with Gasteiger partial charge in [0.1, 0.15) is 0 Å². The third-order valence-electron chi connectivity index (χ3n) is 3.93. The number of carbonyl (C=O) groups is 1. The fraction of sp³-hybridized carbons (Fsp3) is 0.562. The van der Waals surface area contributed by atoms with Crippen molar-refractivity contribution in [2.45, 2.75) is 44.6 Å². The topological polar surface area (TPSA) is 46.5 Å². The molecule has 0 aromatic heterocycles. The first kappa shape index (κ1) is 14.1. The van der Waals surface area contributed by atoms with Gasteiger partial charge in [-0.05, 0) is 44.1 Å². The Morgan fingerprint density at radius 1 is 1.42 bits per heavy atom. The molecule has 1 heterocycles. The van der Waals surface area contributed by atoms with Crippen molar-refractivity contribution in [2.24, 2.45) is 5.92 Å². The molecule has 0 spiro atoms. The average Bonchev–Trinajstić information content (AvgIpc) is 2.35. The zero-order chi connectivity index (χ0) is 13.9. The van der Waals surface area contributed by atoms with E-state index in [-0.39, 0.29) is 17.9 Å². The molecular weight excluding hydrogens is 240 g/mol. The van der Waals surface area contributed by atoms with Crippen LogP contribution in [0.15, 0.2) is 30.3 Å². The fourth-order valence-corrected chi connectivity index (χ4v) is 3.07. The molecular formula is C16H22O3. The Balaban J connectivity index is 2.20. The van der Waals surface area contributed by atoms with E-state index in [0.717, 1.165) is 25.0 Å². The van der Waals surface area contributed by atoms with E-state index in [1.165, 1.54) is 0 Å². The van der Waals surface area contributed by atoms with Gasteiger partial charge in [0.25, 0.3) is 0 Å². The van der Waals surface area contributed by atoms with Crippen molar-refractivity contribution in [3.63, 3.8) is 0 Å². The first-order valence-corrected chi connectivity index (χ1v) is 6.89. The van der Waals surface area contributed by atoms with E-state index in [1.54, 1.807) is 0 Å². The van der Waals surface area contributed by atoms with Gasteiger partial charge in [-0.15, -0.1) is 0 Å². The smallest absolute Gasteiger partial charge is 0.303 e. The highest BCUT2D eigenvalue weighted by molar-refractivity contribution is 5.68. The van der Waals surface area contributed by atoms with Crippen molar-refractivity contribution in [1.82, 2.24) is 0 Å². The minimum Gasteiger partial charge on any atom is -0.481 e. The van der Waals surface area contributed by atoms with Crippen LogP contribution in [0, 0.1) is 5.92 Å². The van der Waals surface area contributed by atoms with Gasteiger partial charge < -0.3 is 9.84 Å². The highest BCUT2D eigenvalue weighted by atomic mass is 16.5. The lowest BCUT2D eigenvalue weighted by atomic mass is 9.75. The SMILES string of the molecule is CC1(C)C[C@H]([C@H](CC(=O)O)c2ccccc2)CCO1. The molecule has 0 amide bonds. The summed E-state index contributed by atoms with van der Waals surface area (Å²) in [4.78, 5) is 11.2. The van der Waals surface area contributed by atoms with E-state index in [4.69, 9.17) is 4.74 Å². The van der Waals surface area contributed by atoms with Crippen LogP contribution >= 0.6 is 0 Å². The van der Waals surface area contributed by atoms with Crippen molar-refractivity contribution in [3.05, 3.63) is 35.9 Å². The zero-order valence-electron chi connectivity index (χ0n) is 11.6. The van der Waals surface area contributed by atoms with E-state index in [0.29, 0.717) is 5.92 Å². The van der Waals surface area contributed by atoms with Gasteiger partial charge >= 0.3 is 5.97 Å². The molecule has 3 heteroatoms. The van der Waals surface area contributed by atoms with Crippen LogP contribution in [-0.4, -0.2) is 23.3 Å². The van der Waals surface area contributed by atoms with Crippen LogP contribution in [-0.2, 0) is 9.53 Å². The summed E-state index contributed by atoms with van der Waals surface area (Å²) in [6, 6.07) is 10.0. The van der Waals surface area contributed by atoms with Gasteiger partial charge in [-0.25, -0.2) is 0 Å². The van der Waals surface area contributed by atoms with Crippen molar-refractivity contribution in [2.75, 3.05) is 6.61 Å². The predicted molar refractivity (Wildman–Crippen MR) is 74.2 cm³/mol. The standard InChI is InChI=1S/C16H22O3/c1-16(2)11-13(8-9-19-16)14(10-15(17)18)12-6-4-3-5-7-12/h3-7,13-14H,8-11H2,1-2H3,(H,17,18)/t13-,14-/m1/s1. The summed E-state index contributed by atoms with van der Waals surface area (Å²) >= 11 is 0. The van der Waals surface area contributed by atoms with Crippen molar-refractivity contribution < 1.29 is 14.6 Å². The number of ether oxygens (including phenoxy) is 1. The molecule has 0 radical (unpaired) electrons. The van der Waals surface area contributed by atoms with Crippen molar-refractivity contribution in [1.29, 1.82) is 0 Å².